The van der Waals surface area contributed by atoms with Crippen LogP contribution in [0.15, 0.2) is 0 Å². The van der Waals surface area contributed by atoms with Gasteiger partial charge in [-0.05, 0) is 44.4 Å². The Hall–Kier alpha value is -0.0400. The van der Waals surface area contributed by atoms with E-state index in [1.807, 2.05) is 0 Å². The molecule has 0 aromatic heterocycles. The molecule has 0 aromatic carbocycles. The highest BCUT2D eigenvalue weighted by molar-refractivity contribution is 5.08. The molecule has 64 valence electrons. The fourth-order valence-electron chi connectivity index (χ4n) is 2.14. The highest BCUT2D eigenvalue weighted by atomic mass is 14.8. The molecule has 1 nitrogen and oxygen atoms in total. The average molecular weight is 153 g/mol. The molecule has 0 unspecified atom stereocenters. The van der Waals surface area contributed by atoms with Crippen molar-refractivity contribution in [2.45, 2.75) is 51.5 Å². The zero-order valence-electron chi connectivity index (χ0n) is 7.69. The van der Waals surface area contributed by atoms with Gasteiger partial charge in [0.15, 0.2) is 0 Å². The first-order valence-electron chi connectivity index (χ1n) is 4.82. The van der Waals surface area contributed by atoms with E-state index in [9.17, 15) is 0 Å². The topological polar surface area (TPSA) is 26.0 Å². The van der Waals surface area contributed by atoms with Gasteiger partial charge in [-0.15, -0.1) is 0 Å². The summed E-state index contributed by atoms with van der Waals surface area (Å²) in [6, 6.07) is 0. The van der Waals surface area contributed by atoms with E-state index in [2.05, 4.69) is 13.8 Å². The lowest BCUT2D eigenvalue weighted by molar-refractivity contribution is 0.263. The molecule has 0 saturated heterocycles. The van der Waals surface area contributed by atoms with E-state index < -0.39 is 0 Å². The summed E-state index contributed by atoms with van der Waals surface area (Å²) in [7, 11) is 0. The summed E-state index contributed by atoms with van der Waals surface area (Å²) in [5, 5.41) is 0. The van der Waals surface area contributed by atoms with E-state index in [1.165, 1.54) is 32.1 Å². The van der Waals surface area contributed by atoms with E-state index >= 15 is 0 Å². The average Bonchev–Trinajstić information content (AvgIpc) is 2.60. The van der Waals surface area contributed by atoms with Crippen LogP contribution in [0.4, 0.5) is 0 Å². The van der Waals surface area contributed by atoms with Crippen molar-refractivity contribution in [3.05, 3.63) is 0 Å². The molecular weight excluding hydrogens is 134 g/mol. The Morgan fingerprint density at radius 3 is 2.18 bits per heavy atom. The van der Waals surface area contributed by atoms with Crippen molar-refractivity contribution >= 4 is 0 Å². The van der Waals surface area contributed by atoms with Crippen LogP contribution in [0.25, 0.3) is 0 Å². The highest BCUT2D eigenvalue weighted by Gasteiger charge is 2.54. The lowest BCUT2D eigenvalue weighted by atomic mass is 9.81. The van der Waals surface area contributed by atoms with Gasteiger partial charge in [-0.3, -0.25) is 0 Å². The van der Waals surface area contributed by atoms with E-state index in [-0.39, 0.29) is 5.54 Å². The van der Waals surface area contributed by atoms with Crippen molar-refractivity contribution in [1.82, 2.24) is 0 Å². The third-order valence-electron chi connectivity index (χ3n) is 3.60. The van der Waals surface area contributed by atoms with E-state index in [0.29, 0.717) is 5.41 Å². The fraction of sp³-hybridized carbons (Fsp3) is 1.00. The van der Waals surface area contributed by atoms with Gasteiger partial charge in [0.25, 0.3) is 0 Å². The summed E-state index contributed by atoms with van der Waals surface area (Å²) in [6.07, 6.45) is 7.12. The Bertz CT molecular complexity index is 158. The van der Waals surface area contributed by atoms with Gasteiger partial charge in [0.1, 0.15) is 0 Å². The Kier molecular flexibility index (Phi) is 1.39. The van der Waals surface area contributed by atoms with Gasteiger partial charge in [-0.1, -0.05) is 12.8 Å². The van der Waals surface area contributed by atoms with Crippen LogP contribution < -0.4 is 5.73 Å². The van der Waals surface area contributed by atoms with Gasteiger partial charge in [0.2, 0.25) is 0 Å². The first-order valence-corrected chi connectivity index (χ1v) is 4.82. The number of hydrogen-bond acceptors (Lipinski definition) is 1. The lowest BCUT2D eigenvalue weighted by Crippen LogP contribution is -2.42. The Morgan fingerprint density at radius 2 is 1.91 bits per heavy atom. The summed E-state index contributed by atoms with van der Waals surface area (Å²) in [5.74, 6) is 1.04. The van der Waals surface area contributed by atoms with Gasteiger partial charge in [0, 0.05) is 5.54 Å². The molecule has 2 saturated carbocycles. The third-order valence-corrected chi connectivity index (χ3v) is 3.60. The molecule has 0 atom stereocenters. The number of rotatable bonds is 3. The largest absolute Gasteiger partial charge is 0.325 e. The molecule has 0 heterocycles. The molecule has 2 aliphatic rings. The molecule has 0 radical (unpaired) electrons. The maximum atomic E-state index is 6.15. The van der Waals surface area contributed by atoms with Crippen molar-refractivity contribution in [2.75, 3.05) is 0 Å². The van der Waals surface area contributed by atoms with Crippen molar-refractivity contribution in [3.63, 3.8) is 0 Å². The molecular formula is C10H19N. The molecule has 0 amide bonds. The predicted octanol–water partition coefficient (Wildman–Crippen LogP) is 2.30. The minimum absolute atomic E-state index is 0.0790. The van der Waals surface area contributed by atoms with Crippen molar-refractivity contribution < 1.29 is 0 Å². The van der Waals surface area contributed by atoms with Crippen LogP contribution in [0.3, 0.4) is 0 Å². The summed E-state index contributed by atoms with van der Waals surface area (Å²) < 4.78 is 0. The lowest BCUT2D eigenvalue weighted by Gasteiger charge is -2.30. The van der Waals surface area contributed by atoms with Crippen molar-refractivity contribution in [1.29, 1.82) is 0 Å². The molecule has 2 rings (SSSR count). The summed E-state index contributed by atoms with van der Waals surface area (Å²) in [5.41, 5.74) is 6.78. The first-order chi connectivity index (χ1) is 5.04. The Labute approximate surface area is 69.4 Å². The van der Waals surface area contributed by atoms with Crippen LogP contribution in [0, 0.1) is 11.3 Å². The van der Waals surface area contributed by atoms with Crippen LogP contribution in [0.2, 0.25) is 0 Å². The molecule has 0 spiro atoms. The zero-order chi connectivity index (χ0) is 8.11. The molecule has 2 N–H and O–H groups in total. The second-order valence-corrected chi connectivity index (χ2v) is 5.15. The van der Waals surface area contributed by atoms with Crippen LogP contribution in [-0.2, 0) is 0 Å². The van der Waals surface area contributed by atoms with E-state index in [0.717, 1.165) is 5.92 Å². The third kappa shape index (κ3) is 1.31. The van der Waals surface area contributed by atoms with Gasteiger partial charge in [0.05, 0.1) is 0 Å². The van der Waals surface area contributed by atoms with E-state index in [4.69, 9.17) is 5.73 Å². The van der Waals surface area contributed by atoms with Gasteiger partial charge in [-0.25, -0.2) is 0 Å². The number of hydrogen-bond donors (Lipinski definition) is 1. The van der Waals surface area contributed by atoms with Crippen LogP contribution in [0.5, 0.6) is 0 Å². The van der Waals surface area contributed by atoms with Crippen molar-refractivity contribution in [3.8, 4) is 0 Å². The van der Waals surface area contributed by atoms with Gasteiger partial charge < -0.3 is 5.73 Å². The SMILES string of the molecule is CC(C)(N)C1(CC2CC2)CC1. The summed E-state index contributed by atoms with van der Waals surface area (Å²) in [6.45, 7) is 4.39. The molecule has 11 heavy (non-hydrogen) atoms. The summed E-state index contributed by atoms with van der Waals surface area (Å²) >= 11 is 0. The van der Waals surface area contributed by atoms with Gasteiger partial charge in [-0.2, -0.15) is 0 Å². The monoisotopic (exact) mass is 153 g/mol. The quantitative estimate of drug-likeness (QED) is 0.661. The first kappa shape index (κ1) is 7.60. The molecule has 2 fully saturated rings. The second-order valence-electron chi connectivity index (χ2n) is 5.15. The van der Waals surface area contributed by atoms with Gasteiger partial charge >= 0.3 is 0 Å². The van der Waals surface area contributed by atoms with Crippen LogP contribution in [0.1, 0.15) is 46.0 Å². The molecule has 2 aliphatic carbocycles. The molecule has 0 aromatic rings. The van der Waals surface area contributed by atoms with E-state index in [1.54, 1.807) is 0 Å². The number of nitrogens with two attached hydrogens (primary N) is 1. The maximum Gasteiger partial charge on any atom is 0.0154 e. The van der Waals surface area contributed by atoms with Crippen LogP contribution >= 0.6 is 0 Å². The highest BCUT2D eigenvalue weighted by Crippen LogP contribution is 2.60. The standard InChI is InChI=1S/C10H19N/c1-9(2,11)10(5-6-10)7-8-3-4-8/h8H,3-7,11H2,1-2H3. The summed E-state index contributed by atoms with van der Waals surface area (Å²) in [4.78, 5) is 0. The predicted molar refractivity (Wildman–Crippen MR) is 47.3 cm³/mol. The molecule has 1 heteroatoms. The Balaban J connectivity index is 1.97. The van der Waals surface area contributed by atoms with Crippen molar-refractivity contribution in [2.24, 2.45) is 17.1 Å². The maximum absolute atomic E-state index is 6.15. The molecule has 0 aliphatic heterocycles. The Morgan fingerprint density at radius 1 is 1.36 bits per heavy atom. The minimum Gasteiger partial charge on any atom is -0.325 e. The fourth-order valence-corrected chi connectivity index (χ4v) is 2.14. The second kappa shape index (κ2) is 2.01. The normalized spacial score (nSPS) is 28.6. The zero-order valence-corrected chi connectivity index (χ0v) is 7.69. The van der Waals surface area contributed by atoms with Crippen LogP contribution in [-0.4, -0.2) is 5.54 Å². The molecule has 0 bridgehead atoms. The minimum atomic E-state index is 0.0790. The smallest absolute Gasteiger partial charge is 0.0154 e.